The van der Waals surface area contributed by atoms with Gasteiger partial charge in [0.1, 0.15) is 11.4 Å². The van der Waals surface area contributed by atoms with E-state index in [2.05, 4.69) is 5.10 Å². The molecule has 2 rings (SSSR count). The van der Waals surface area contributed by atoms with Gasteiger partial charge in [0.15, 0.2) is 0 Å². The summed E-state index contributed by atoms with van der Waals surface area (Å²) < 4.78 is 6.86. The van der Waals surface area contributed by atoms with Crippen molar-refractivity contribution in [2.45, 2.75) is 13.5 Å². The van der Waals surface area contributed by atoms with Gasteiger partial charge >= 0.3 is 0 Å². The molecule has 0 aliphatic rings. The molecular weight excluding hydrogens is 230 g/mol. The molecule has 0 bridgehead atoms. The van der Waals surface area contributed by atoms with Gasteiger partial charge in [-0.25, -0.2) is 4.68 Å². The Morgan fingerprint density at radius 1 is 1.39 bits per heavy atom. The molecular formula is C13H15N3O2. The highest BCUT2D eigenvalue weighted by Gasteiger charge is 2.06. The third-order valence-electron chi connectivity index (χ3n) is 2.67. The number of hydrogen-bond donors (Lipinski definition) is 1. The van der Waals surface area contributed by atoms with Crippen molar-refractivity contribution in [3.05, 3.63) is 51.9 Å². The number of nitrogens with zero attached hydrogens (tertiary/aromatic N) is 2. The van der Waals surface area contributed by atoms with E-state index in [-0.39, 0.29) is 12.0 Å². The summed E-state index contributed by atoms with van der Waals surface area (Å²) in [6, 6.07) is 9.01. The molecule has 94 valence electrons. The fourth-order valence-electron chi connectivity index (χ4n) is 1.73. The Kier molecular flexibility index (Phi) is 3.43. The van der Waals surface area contributed by atoms with Gasteiger partial charge in [0.05, 0.1) is 12.8 Å². The Hall–Kier alpha value is -2.14. The van der Waals surface area contributed by atoms with Gasteiger partial charge < -0.3 is 10.5 Å². The first-order valence-electron chi connectivity index (χ1n) is 5.60. The molecule has 0 atom stereocenters. The number of aryl methyl sites for hydroxylation is 1. The summed E-state index contributed by atoms with van der Waals surface area (Å²) in [5.41, 5.74) is 7.31. The van der Waals surface area contributed by atoms with Crippen molar-refractivity contribution in [3.63, 3.8) is 0 Å². The van der Waals surface area contributed by atoms with Crippen LogP contribution in [-0.4, -0.2) is 16.9 Å². The Bertz CT molecular complexity index is 620. The minimum Gasteiger partial charge on any atom is -0.497 e. The van der Waals surface area contributed by atoms with Crippen LogP contribution in [0.1, 0.15) is 11.4 Å². The maximum absolute atomic E-state index is 11.6. The van der Waals surface area contributed by atoms with Gasteiger partial charge in [0, 0.05) is 24.4 Å². The zero-order valence-electron chi connectivity index (χ0n) is 10.4. The highest BCUT2D eigenvalue weighted by molar-refractivity contribution is 5.39. The van der Waals surface area contributed by atoms with E-state index >= 15 is 0 Å². The number of benzene rings is 1. The lowest BCUT2D eigenvalue weighted by Crippen LogP contribution is -2.21. The Balaban J connectivity index is 2.59. The lowest BCUT2D eigenvalue weighted by Gasteiger charge is -2.11. The first kappa shape index (κ1) is 12.3. The molecule has 1 aromatic carbocycles. The van der Waals surface area contributed by atoms with Crippen molar-refractivity contribution in [2.24, 2.45) is 5.73 Å². The molecule has 0 fully saturated rings. The lowest BCUT2D eigenvalue weighted by molar-refractivity contribution is 0.414. The monoisotopic (exact) mass is 245 g/mol. The minimum absolute atomic E-state index is 0.128. The van der Waals surface area contributed by atoms with Gasteiger partial charge in [-0.2, -0.15) is 5.10 Å². The topological polar surface area (TPSA) is 70.1 Å². The van der Waals surface area contributed by atoms with E-state index in [9.17, 15) is 4.79 Å². The summed E-state index contributed by atoms with van der Waals surface area (Å²) >= 11 is 0. The fraction of sp³-hybridized carbons (Fsp3) is 0.231. The maximum Gasteiger partial charge on any atom is 0.204 e. The standard InChI is InChI=1S/C13H15N3O2/c1-9-6-13(17)12(8-14)15-16(9)10-4-3-5-11(7-10)18-2/h3-7H,8,14H2,1-2H3. The van der Waals surface area contributed by atoms with Crippen LogP contribution in [0.4, 0.5) is 0 Å². The first-order valence-corrected chi connectivity index (χ1v) is 5.60. The molecule has 18 heavy (non-hydrogen) atoms. The van der Waals surface area contributed by atoms with Crippen molar-refractivity contribution in [1.82, 2.24) is 9.78 Å². The number of aromatic nitrogens is 2. The SMILES string of the molecule is COc1cccc(-n2nc(CN)c(=O)cc2C)c1. The molecule has 1 heterocycles. The highest BCUT2D eigenvalue weighted by Crippen LogP contribution is 2.16. The van der Waals surface area contributed by atoms with E-state index in [1.807, 2.05) is 31.2 Å². The second kappa shape index (κ2) is 5.01. The van der Waals surface area contributed by atoms with Crippen molar-refractivity contribution >= 4 is 0 Å². The highest BCUT2D eigenvalue weighted by atomic mass is 16.5. The van der Waals surface area contributed by atoms with E-state index in [0.29, 0.717) is 5.69 Å². The van der Waals surface area contributed by atoms with Crippen LogP contribution in [-0.2, 0) is 6.54 Å². The van der Waals surface area contributed by atoms with Gasteiger partial charge in [-0.05, 0) is 19.1 Å². The Labute approximate surface area is 105 Å². The molecule has 5 heteroatoms. The van der Waals surface area contributed by atoms with Crippen LogP contribution in [0.5, 0.6) is 5.75 Å². The smallest absolute Gasteiger partial charge is 0.204 e. The number of ether oxygens (including phenoxy) is 1. The summed E-state index contributed by atoms with van der Waals surface area (Å²) in [7, 11) is 1.61. The predicted molar refractivity (Wildman–Crippen MR) is 69.0 cm³/mol. The van der Waals surface area contributed by atoms with Crippen LogP contribution in [0.25, 0.3) is 5.69 Å². The summed E-state index contributed by atoms with van der Waals surface area (Å²) in [6.45, 7) is 1.96. The quantitative estimate of drug-likeness (QED) is 0.876. The fourth-order valence-corrected chi connectivity index (χ4v) is 1.73. The van der Waals surface area contributed by atoms with Crippen LogP contribution in [0.3, 0.4) is 0 Å². The molecule has 0 amide bonds. The minimum atomic E-state index is -0.130. The summed E-state index contributed by atoms with van der Waals surface area (Å²) in [5.74, 6) is 0.738. The van der Waals surface area contributed by atoms with Gasteiger partial charge in [0.2, 0.25) is 5.43 Å². The molecule has 2 N–H and O–H groups in total. The van der Waals surface area contributed by atoms with Crippen LogP contribution >= 0.6 is 0 Å². The average Bonchev–Trinajstić information content (AvgIpc) is 2.39. The normalized spacial score (nSPS) is 10.4. The van der Waals surface area contributed by atoms with Crippen molar-refractivity contribution < 1.29 is 4.74 Å². The van der Waals surface area contributed by atoms with E-state index in [0.717, 1.165) is 17.1 Å². The molecule has 0 radical (unpaired) electrons. The molecule has 0 spiro atoms. The molecule has 0 unspecified atom stereocenters. The maximum atomic E-state index is 11.6. The van der Waals surface area contributed by atoms with Crippen LogP contribution < -0.4 is 15.9 Å². The average molecular weight is 245 g/mol. The lowest BCUT2D eigenvalue weighted by atomic mass is 10.2. The van der Waals surface area contributed by atoms with Gasteiger partial charge in [-0.15, -0.1) is 0 Å². The number of nitrogens with two attached hydrogens (primary N) is 1. The van der Waals surface area contributed by atoms with E-state index in [4.69, 9.17) is 10.5 Å². The van der Waals surface area contributed by atoms with Gasteiger partial charge in [0.25, 0.3) is 0 Å². The van der Waals surface area contributed by atoms with Crippen LogP contribution in [0.2, 0.25) is 0 Å². The Morgan fingerprint density at radius 2 is 2.17 bits per heavy atom. The third-order valence-corrected chi connectivity index (χ3v) is 2.67. The molecule has 5 nitrogen and oxygen atoms in total. The van der Waals surface area contributed by atoms with E-state index in [1.54, 1.807) is 11.8 Å². The second-order valence-electron chi connectivity index (χ2n) is 3.91. The van der Waals surface area contributed by atoms with Crippen molar-refractivity contribution in [3.8, 4) is 11.4 Å². The van der Waals surface area contributed by atoms with Crippen LogP contribution in [0.15, 0.2) is 35.1 Å². The van der Waals surface area contributed by atoms with Gasteiger partial charge in [-0.1, -0.05) is 6.07 Å². The molecule has 0 saturated carbocycles. The zero-order chi connectivity index (χ0) is 13.1. The number of rotatable bonds is 3. The third kappa shape index (κ3) is 2.26. The van der Waals surface area contributed by atoms with Gasteiger partial charge in [-0.3, -0.25) is 4.79 Å². The number of hydrogen-bond acceptors (Lipinski definition) is 4. The second-order valence-corrected chi connectivity index (χ2v) is 3.91. The van der Waals surface area contributed by atoms with E-state index in [1.165, 1.54) is 6.07 Å². The first-order chi connectivity index (χ1) is 8.65. The van der Waals surface area contributed by atoms with Crippen LogP contribution in [0, 0.1) is 6.92 Å². The number of methoxy groups -OCH3 is 1. The summed E-state index contributed by atoms with van der Waals surface area (Å²) in [4.78, 5) is 11.6. The van der Waals surface area contributed by atoms with E-state index < -0.39 is 0 Å². The summed E-state index contributed by atoms with van der Waals surface area (Å²) in [5, 5.41) is 4.26. The molecule has 2 aromatic rings. The van der Waals surface area contributed by atoms with Crippen molar-refractivity contribution in [2.75, 3.05) is 7.11 Å². The summed E-state index contributed by atoms with van der Waals surface area (Å²) in [6.07, 6.45) is 0. The zero-order valence-corrected chi connectivity index (χ0v) is 10.4. The van der Waals surface area contributed by atoms with Crippen molar-refractivity contribution in [1.29, 1.82) is 0 Å². The largest absolute Gasteiger partial charge is 0.497 e. The molecule has 1 aromatic heterocycles. The molecule has 0 saturated heterocycles. The molecule has 0 aliphatic carbocycles. The molecule has 0 aliphatic heterocycles. The predicted octanol–water partition coefficient (Wildman–Crippen LogP) is 1.01. The Morgan fingerprint density at radius 3 is 2.83 bits per heavy atom.